The Morgan fingerprint density at radius 3 is 2.76 bits per heavy atom. The van der Waals surface area contributed by atoms with Gasteiger partial charge in [-0.3, -0.25) is 4.79 Å². The Kier molecular flexibility index (Phi) is 5.11. The van der Waals surface area contributed by atoms with Crippen LogP contribution in [0.1, 0.15) is 51.4 Å². The second-order valence-corrected chi connectivity index (χ2v) is 5.71. The summed E-state index contributed by atoms with van der Waals surface area (Å²) in [4.78, 5) is 11.8. The third kappa shape index (κ3) is 4.14. The lowest BCUT2D eigenvalue weighted by Crippen LogP contribution is -2.38. The molecule has 1 N–H and O–H groups in total. The van der Waals surface area contributed by atoms with E-state index in [4.69, 9.17) is 16.3 Å². The fourth-order valence-electron chi connectivity index (χ4n) is 2.68. The van der Waals surface area contributed by atoms with E-state index in [0.717, 1.165) is 38.7 Å². The Labute approximate surface area is 108 Å². The summed E-state index contributed by atoms with van der Waals surface area (Å²) in [5, 5.41) is 3.17. The number of halogens is 1. The molecule has 0 bridgehead atoms. The predicted octanol–water partition coefficient (Wildman–Crippen LogP) is 2.61. The lowest BCUT2D eigenvalue weighted by molar-refractivity contribution is -0.122. The van der Waals surface area contributed by atoms with Crippen LogP contribution in [0.15, 0.2) is 0 Å². The van der Waals surface area contributed by atoms with E-state index in [1.807, 2.05) is 0 Å². The van der Waals surface area contributed by atoms with Gasteiger partial charge >= 0.3 is 0 Å². The molecule has 98 valence electrons. The molecular formula is C13H22ClNO2. The maximum Gasteiger partial charge on any atom is 0.220 e. The lowest BCUT2D eigenvalue weighted by atomic mass is 10.0. The lowest BCUT2D eigenvalue weighted by Gasteiger charge is -2.22. The standard InChI is InChI=1S/C13H22ClNO2/c14-11-5-3-6-12(11)15-13(16)8-7-10-4-1-2-9-17-10/h10-12H,1-9H2,(H,15,16). The first-order valence-electron chi connectivity index (χ1n) is 6.81. The summed E-state index contributed by atoms with van der Waals surface area (Å²) < 4.78 is 5.61. The van der Waals surface area contributed by atoms with E-state index in [9.17, 15) is 4.79 Å². The van der Waals surface area contributed by atoms with Crippen molar-refractivity contribution in [1.29, 1.82) is 0 Å². The molecule has 0 aromatic rings. The fraction of sp³-hybridized carbons (Fsp3) is 0.923. The summed E-state index contributed by atoms with van der Waals surface area (Å²) in [5.74, 6) is 0.136. The highest BCUT2D eigenvalue weighted by molar-refractivity contribution is 6.21. The smallest absolute Gasteiger partial charge is 0.220 e. The highest BCUT2D eigenvalue weighted by Gasteiger charge is 2.26. The molecule has 4 heteroatoms. The molecule has 0 radical (unpaired) electrons. The molecule has 1 amide bonds. The summed E-state index contributed by atoms with van der Waals surface area (Å²) in [6, 6.07) is 0.191. The van der Waals surface area contributed by atoms with Crippen LogP contribution in [0, 0.1) is 0 Å². The largest absolute Gasteiger partial charge is 0.378 e. The molecule has 2 rings (SSSR count). The average Bonchev–Trinajstić information content (AvgIpc) is 2.74. The number of hydrogen-bond acceptors (Lipinski definition) is 2. The Hall–Kier alpha value is -0.280. The van der Waals surface area contributed by atoms with E-state index in [-0.39, 0.29) is 17.3 Å². The number of alkyl halides is 1. The molecule has 3 nitrogen and oxygen atoms in total. The normalized spacial score (nSPS) is 33.6. The van der Waals surface area contributed by atoms with Crippen LogP contribution < -0.4 is 5.32 Å². The Balaban J connectivity index is 1.63. The Morgan fingerprint density at radius 2 is 2.12 bits per heavy atom. The fourth-order valence-corrected chi connectivity index (χ4v) is 3.03. The van der Waals surface area contributed by atoms with Crippen LogP contribution in [0.4, 0.5) is 0 Å². The maximum absolute atomic E-state index is 11.8. The van der Waals surface area contributed by atoms with Crippen molar-refractivity contribution in [2.75, 3.05) is 6.61 Å². The molecule has 1 saturated heterocycles. The van der Waals surface area contributed by atoms with Crippen LogP contribution >= 0.6 is 11.6 Å². The van der Waals surface area contributed by atoms with E-state index in [1.165, 1.54) is 12.8 Å². The summed E-state index contributed by atoms with van der Waals surface area (Å²) in [6.07, 6.45) is 8.41. The average molecular weight is 260 g/mol. The molecule has 0 spiro atoms. The van der Waals surface area contributed by atoms with Crippen molar-refractivity contribution in [3.05, 3.63) is 0 Å². The first-order valence-corrected chi connectivity index (χ1v) is 7.24. The van der Waals surface area contributed by atoms with Gasteiger partial charge in [0.1, 0.15) is 0 Å². The molecule has 3 atom stereocenters. The second kappa shape index (κ2) is 6.60. The minimum atomic E-state index is 0.130. The first kappa shape index (κ1) is 13.2. The van der Waals surface area contributed by atoms with E-state index in [1.54, 1.807) is 0 Å². The van der Waals surface area contributed by atoms with Gasteiger partial charge in [-0.25, -0.2) is 0 Å². The molecule has 0 aromatic carbocycles. The molecular weight excluding hydrogens is 238 g/mol. The van der Waals surface area contributed by atoms with E-state index in [0.29, 0.717) is 12.5 Å². The van der Waals surface area contributed by atoms with Gasteiger partial charge in [-0.1, -0.05) is 0 Å². The van der Waals surface area contributed by atoms with Crippen molar-refractivity contribution in [2.24, 2.45) is 0 Å². The Bertz CT molecular complexity index is 254. The molecule has 3 unspecified atom stereocenters. The van der Waals surface area contributed by atoms with Gasteiger partial charge in [0.05, 0.1) is 11.5 Å². The van der Waals surface area contributed by atoms with Crippen molar-refractivity contribution in [2.45, 2.75) is 68.9 Å². The van der Waals surface area contributed by atoms with Crippen LogP contribution in [0.2, 0.25) is 0 Å². The van der Waals surface area contributed by atoms with Gasteiger partial charge in [-0.2, -0.15) is 0 Å². The number of hydrogen-bond donors (Lipinski definition) is 1. The molecule has 0 aromatic heterocycles. The van der Waals surface area contributed by atoms with E-state index in [2.05, 4.69) is 5.32 Å². The number of amides is 1. The number of rotatable bonds is 4. The molecule has 1 aliphatic carbocycles. The van der Waals surface area contributed by atoms with Gasteiger partial charge in [-0.05, 0) is 44.9 Å². The highest BCUT2D eigenvalue weighted by atomic mass is 35.5. The second-order valence-electron chi connectivity index (χ2n) is 5.15. The van der Waals surface area contributed by atoms with Crippen LogP contribution in [0.3, 0.4) is 0 Å². The van der Waals surface area contributed by atoms with Crippen molar-refractivity contribution in [3.63, 3.8) is 0 Å². The SMILES string of the molecule is O=C(CCC1CCCCO1)NC1CCCC1Cl. The van der Waals surface area contributed by atoms with Crippen molar-refractivity contribution < 1.29 is 9.53 Å². The van der Waals surface area contributed by atoms with Gasteiger partial charge in [0.15, 0.2) is 0 Å². The van der Waals surface area contributed by atoms with E-state index >= 15 is 0 Å². The number of ether oxygens (including phenoxy) is 1. The maximum atomic E-state index is 11.8. The third-order valence-corrected chi connectivity index (χ3v) is 4.27. The topological polar surface area (TPSA) is 38.3 Å². The minimum absolute atomic E-state index is 0.130. The summed E-state index contributed by atoms with van der Waals surface area (Å²) >= 11 is 6.13. The molecule has 2 fully saturated rings. The van der Waals surface area contributed by atoms with Crippen LogP contribution in [-0.4, -0.2) is 30.0 Å². The molecule has 1 saturated carbocycles. The monoisotopic (exact) mass is 259 g/mol. The molecule has 2 aliphatic rings. The van der Waals surface area contributed by atoms with Gasteiger partial charge in [0.2, 0.25) is 5.91 Å². The van der Waals surface area contributed by atoms with Gasteiger partial charge in [0.25, 0.3) is 0 Å². The molecule has 1 heterocycles. The van der Waals surface area contributed by atoms with Crippen LogP contribution in [0.25, 0.3) is 0 Å². The number of carbonyl (C=O) groups excluding carboxylic acids is 1. The first-order chi connectivity index (χ1) is 8.25. The van der Waals surface area contributed by atoms with Gasteiger partial charge < -0.3 is 10.1 Å². The van der Waals surface area contributed by atoms with Gasteiger partial charge in [0, 0.05) is 19.1 Å². The van der Waals surface area contributed by atoms with Crippen molar-refractivity contribution in [3.8, 4) is 0 Å². The van der Waals surface area contributed by atoms with Crippen molar-refractivity contribution in [1.82, 2.24) is 5.32 Å². The highest BCUT2D eigenvalue weighted by Crippen LogP contribution is 2.24. The summed E-state index contributed by atoms with van der Waals surface area (Å²) in [7, 11) is 0. The van der Waals surface area contributed by atoms with Crippen molar-refractivity contribution >= 4 is 17.5 Å². The van der Waals surface area contributed by atoms with Gasteiger partial charge in [-0.15, -0.1) is 11.6 Å². The zero-order valence-corrected chi connectivity index (χ0v) is 11.0. The number of nitrogens with one attached hydrogen (secondary N) is 1. The summed E-state index contributed by atoms with van der Waals surface area (Å²) in [5.41, 5.74) is 0. The molecule has 1 aliphatic heterocycles. The minimum Gasteiger partial charge on any atom is -0.378 e. The zero-order chi connectivity index (χ0) is 12.1. The van der Waals surface area contributed by atoms with E-state index < -0.39 is 0 Å². The number of carbonyl (C=O) groups is 1. The van der Waals surface area contributed by atoms with Crippen LogP contribution in [-0.2, 0) is 9.53 Å². The Morgan fingerprint density at radius 1 is 1.24 bits per heavy atom. The quantitative estimate of drug-likeness (QED) is 0.789. The summed E-state index contributed by atoms with van der Waals surface area (Å²) in [6.45, 7) is 0.860. The molecule has 17 heavy (non-hydrogen) atoms. The predicted molar refractivity (Wildman–Crippen MR) is 68.2 cm³/mol. The zero-order valence-electron chi connectivity index (χ0n) is 10.3. The van der Waals surface area contributed by atoms with Crippen LogP contribution in [0.5, 0.6) is 0 Å². The third-order valence-electron chi connectivity index (χ3n) is 3.75.